The van der Waals surface area contributed by atoms with Crippen molar-refractivity contribution in [1.82, 2.24) is 4.90 Å². The van der Waals surface area contributed by atoms with Gasteiger partial charge in [-0.15, -0.1) is 0 Å². The normalized spacial score (nSPS) is 21.8. The lowest BCUT2D eigenvalue weighted by atomic mass is 10.1. The Bertz CT molecular complexity index is 339. The van der Waals surface area contributed by atoms with Gasteiger partial charge in [-0.3, -0.25) is 9.69 Å². The molecule has 1 heterocycles. The summed E-state index contributed by atoms with van der Waals surface area (Å²) < 4.78 is 0. The molecule has 0 saturated carbocycles. The van der Waals surface area contributed by atoms with Crippen molar-refractivity contribution in [2.45, 2.75) is 13.0 Å². The van der Waals surface area contributed by atoms with Gasteiger partial charge in [0.15, 0.2) is 0 Å². The highest BCUT2D eigenvalue weighted by Crippen LogP contribution is 2.20. The molecule has 2 nitrogen and oxygen atoms in total. The summed E-state index contributed by atoms with van der Waals surface area (Å²) in [5.74, 6) is 0.0374. The van der Waals surface area contributed by atoms with E-state index >= 15 is 0 Å². The van der Waals surface area contributed by atoms with Crippen LogP contribution in [0.1, 0.15) is 12.0 Å². The molecule has 0 aromatic heterocycles. The molecule has 15 heavy (non-hydrogen) atoms. The van der Waals surface area contributed by atoms with E-state index in [4.69, 9.17) is 11.6 Å². The number of likely N-dealkylation sites (tertiary alicyclic amines) is 1. The second-order valence-electron chi connectivity index (χ2n) is 4.01. The van der Waals surface area contributed by atoms with Crippen LogP contribution < -0.4 is 0 Å². The maximum atomic E-state index is 11.0. The van der Waals surface area contributed by atoms with E-state index < -0.39 is 0 Å². The number of carbonyl (C=O) groups is 1. The fourth-order valence-corrected chi connectivity index (χ4v) is 2.18. The van der Waals surface area contributed by atoms with Crippen molar-refractivity contribution >= 4 is 16.8 Å². The van der Waals surface area contributed by atoms with Crippen molar-refractivity contribution < 1.29 is 4.79 Å². The van der Waals surface area contributed by atoms with Crippen molar-refractivity contribution in [3.63, 3.8) is 0 Å². The molecule has 1 atom stereocenters. The van der Waals surface area contributed by atoms with E-state index in [1.807, 2.05) is 18.2 Å². The van der Waals surface area contributed by atoms with E-state index in [-0.39, 0.29) is 11.2 Å². The molecule has 3 heteroatoms. The minimum absolute atomic E-state index is 0.0374. The Kier molecular flexibility index (Phi) is 3.39. The molecular formula is C12H14ClNO. The molecule has 0 amide bonds. The molecule has 0 spiro atoms. The topological polar surface area (TPSA) is 20.3 Å². The quantitative estimate of drug-likeness (QED) is 0.733. The summed E-state index contributed by atoms with van der Waals surface area (Å²) in [4.78, 5) is 13.3. The van der Waals surface area contributed by atoms with Gasteiger partial charge in [0.05, 0.1) is 0 Å². The van der Waals surface area contributed by atoms with Crippen molar-refractivity contribution in [2.75, 3.05) is 13.1 Å². The smallest absolute Gasteiger partial charge is 0.226 e. The van der Waals surface area contributed by atoms with Gasteiger partial charge in [0.2, 0.25) is 5.24 Å². The number of halogens is 1. The van der Waals surface area contributed by atoms with Crippen LogP contribution in [0.15, 0.2) is 30.3 Å². The van der Waals surface area contributed by atoms with Gasteiger partial charge < -0.3 is 0 Å². The number of hydrogen-bond donors (Lipinski definition) is 0. The molecular weight excluding hydrogens is 210 g/mol. The van der Waals surface area contributed by atoms with E-state index in [0.29, 0.717) is 0 Å². The zero-order valence-electron chi connectivity index (χ0n) is 8.53. The Morgan fingerprint density at radius 1 is 1.40 bits per heavy atom. The van der Waals surface area contributed by atoms with Gasteiger partial charge in [-0.1, -0.05) is 30.3 Å². The second kappa shape index (κ2) is 4.77. The fourth-order valence-electron chi connectivity index (χ4n) is 2.00. The molecule has 80 valence electrons. The zero-order valence-corrected chi connectivity index (χ0v) is 9.28. The Hall–Kier alpha value is -0.860. The van der Waals surface area contributed by atoms with Gasteiger partial charge in [-0.2, -0.15) is 0 Å². The molecule has 2 rings (SSSR count). The maximum Gasteiger partial charge on any atom is 0.226 e. The summed E-state index contributed by atoms with van der Waals surface area (Å²) in [6, 6.07) is 10.3. The monoisotopic (exact) mass is 223 g/mol. The van der Waals surface area contributed by atoms with E-state index in [1.54, 1.807) is 0 Å². The van der Waals surface area contributed by atoms with E-state index in [9.17, 15) is 4.79 Å². The minimum atomic E-state index is -0.189. The summed E-state index contributed by atoms with van der Waals surface area (Å²) in [7, 11) is 0. The summed E-state index contributed by atoms with van der Waals surface area (Å²) in [6.07, 6.45) is 0.898. The molecule has 1 aromatic carbocycles. The summed E-state index contributed by atoms with van der Waals surface area (Å²) >= 11 is 5.49. The van der Waals surface area contributed by atoms with Crippen molar-refractivity contribution in [2.24, 2.45) is 5.92 Å². The number of benzene rings is 1. The number of rotatable bonds is 3. The number of carbonyl (C=O) groups excluding carboxylic acids is 1. The van der Waals surface area contributed by atoms with Crippen LogP contribution >= 0.6 is 11.6 Å². The van der Waals surface area contributed by atoms with Crippen molar-refractivity contribution in [3.05, 3.63) is 35.9 Å². The third-order valence-corrected chi connectivity index (χ3v) is 3.15. The zero-order chi connectivity index (χ0) is 10.7. The second-order valence-corrected chi connectivity index (χ2v) is 4.38. The molecule has 0 bridgehead atoms. The first-order chi connectivity index (χ1) is 7.25. The molecule has 0 unspecified atom stereocenters. The Morgan fingerprint density at radius 2 is 2.13 bits per heavy atom. The average Bonchev–Trinajstić information content (AvgIpc) is 2.68. The predicted octanol–water partition coefficient (Wildman–Crippen LogP) is 2.27. The summed E-state index contributed by atoms with van der Waals surface area (Å²) in [5.41, 5.74) is 1.29. The highest BCUT2D eigenvalue weighted by atomic mass is 35.5. The SMILES string of the molecule is O=C(Cl)[C@H]1CCN(Cc2ccccc2)C1. The average molecular weight is 224 g/mol. The van der Waals surface area contributed by atoms with E-state index in [2.05, 4.69) is 17.0 Å². The standard InChI is InChI=1S/C12H14ClNO/c13-12(15)11-6-7-14(9-11)8-10-4-2-1-3-5-10/h1-5,11H,6-9H2/t11-/m0/s1. The molecule has 1 aliphatic heterocycles. The van der Waals surface area contributed by atoms with Crippen LogP contribution in [-0.4, -0.2) is 23.2 Å². The van der Waals surface area contributed by atoms with Gasteiger partial charge in [0.25, 0.3) is 0 Å². The summed E-state index contributed by atoms with van der Waals surface area (Å²) in [5, 5.41) is -0.189. The molecule has 0 aliphatic carbocycles. The first-order valence-corrected chi connectivity index (χ1v) is 5.59. The highest BCUT2D eigenvalue weighted by Gasteiger charge is 2.26. The van der Waals surface area contributed by atoms with Crippen molar-refractivity contribution in [3.8, 4) is 0 Å². The lowest BCUT2D eigenvalue weighted by molar-refractivity contribution is -0.114. The Balaban J connectivity index is 1.90. The first kappa shape index (κ1) is 10.7. The number of hydrogen-bond acceptors (Lipinski definition) is 2. The summed E-state index contributed by atoms with van der Waals surface area (Å²) in [6.45, 7) is 2.69. The molecule has 1 saturated heterocycles. The van der Waals surface area contributed by atoms with Crippen LogP contribution in [0.3, 0.4) is 0 Å². The molecule has 1 fully saturated rings. The maximum absolute atomic E-state index is 11.0. The third-order valence-electron chi connectivity index (χ3n) is 2.84. The first-order valence-electron chi connectivity index (χ1n) is 5.21. The molecule has 1 aliphatic rings. The van der Waals surface area contributed by atoms with Crippen LogP contribution in [-0.2, 0) is 11.3 Å². The van der Waals surface area contributed by atoms with Crippen LogP contribution in [0.5, 0.6) is 0 Å². The van der Waals surface area contributed by atoms with Crippen LogP contribution in [0.4, 0.5) is 0 Å². The Labute approximate surface area is 94.8 Å². The lowest BCUT2D eigenvalue weighted by Gasteiger charge is -2.14. The predicted molar refractivity (Wildman–Crippen MR) is 60.7 cm³/mol. The molecule has 1 aromatic rings. The highest BCUT2D eigenvalue weighted by molar-refractivity contribution is 6.64. The fraction of sp³-hybridized carbons (Fsp3) is 0.417. The third kappa shape index (κ3) is 2.80. The van der Waals surface area contributed by atoms with Crippen molar-refractivity contribution in [1.29, 1.82) is 0 Å². The lowest BCUT2D eigenvalue weighted by Crippen LogP contribution is -2.21. The Morgan fingerprint density at radius 3 is 2.73 bits per heavy atom. The van der Waals surface area contributed by atoms with Gasteiger partial charge in [-0.05, 0) is 30.1 Å². The van der Waals surface area contributed by atoms with Gasteiger partial charge in [0, 0.05) is 19.0 Å². The van der Waals surface area contributed by atoms with E-state index in [1.165, 1.54) is 5.56 Å². The van der Waals surface area contributed by atoms with Crippen LogP contribution in [0, 0.1) is 5.92 Å². The van der Waals surface area contributed by atoms with E-state index in [0.717, 1.165) is 26.1 Å². The minimum Gasteiger partial charge on any atom is -0.298 e. The van der Waals surface area contributed by atoms with Crippen LogP contribution in [0.25, 0.3) is 0 Å². The van der Waals surface area contributed by atoms with Gasteiger partial charge in [-0.25, -0.2) is 0 Å². The number of nitrogens with zero attached hydrogens (tertiary/aromatic N) is 1. The largest absolute Gasteiger partial charge is 0.298 e. The van der Waals surface area contributed by atoms with Gasteiger partial charge in [0.1, 0.15) is 0 Å². The molecule has 0 N–H and O–H groups in total. The van der Waals surface area contributed by atoms with Crippen LogP contribution in [0.2, 0.25) is 0 Å². The molecule has 0 radical (unpaired) electrons. The van der Waals surface area contributed by atoms with Gasteiger partial charge >= 0.3 is 0 Å².